The molecule has 1 fully saturated rings. The average Bonchev–Trinajstić information content (AvgIpc) is 3.20. The van der Waals surface area contributed by atoms with Gasteiger partial charge >= 0.3 is 0 Å². The number of rotatable bonds is 2. The summed E-state index contributed by atoms with van der Waals surface area (Å²) in [5, 5.41) is 4.06. The normalized spacial score (nSPS) is 19.9. The van der Waals surface area contributed by atoms with Crippen LogP contribution in [0.1, 0.15) is 58.2 Å². The van der Waals surface area contributed by atoms with E-state index >= 15 is 0 Å². The summed E-state index contributed by atoms with van der Waals surface area (Å²) in [5.74, 6) is 1.82. The SMILES string of the molecule is Cc1noc(C)c1C1CCCN1C(=O)c1ccc2c(c1)CCCO2. The zero-order valence-corrected chi connectivity index (χ0v) is 14.2. The minimum absolute atomic E-state index is 0.0658. The van der Waals surface area contributed by atoms with E-state index in [0.29, 0.717) is 0 Å². The molecule has 1 aromatic heterocycles. The number of aromatic nitrogens is 1. The van der Waals surface area contributed by atoms with Crippen molar-refractivity contribution in [3.05, 3.63) is 46.3 Å². The lowest BCUT2D eigenvalue weighted by molar-refractivity contribution is 0.0734. The molecule has 126 valence electrons. The van der Waals surface area contributed by atoms with Crippen molar-refractivity contribution in [2.45, 2.75) is 45.6 Å². The van der Waals surface area contributed by atoms with Crippen molar-refractivity contribution in [3.8, 4) is 5.75 Å². The molecule has 0 bridgehead atoms. The van der Waals surface area contributed by atoms with Crippen LogP contribution in [0.15, 0.2) is 22.7 Å². The van der Waals surface area contributed by atoms with Gasteiger partial charge < -0.3 is 14.2 Å². The molecule has 1 amide bonds. The summed E-state index contributed by atoms with van der Waals surface area (Å²) in [5.41, 5.74) is 3.84. The molecule has 3 heterocycles. The molecule has 1 atom stereocenters. The summed E-state index contributed by atoms with van der Waals surface area (Å²) in [4.78, 5) is 15.1. The van der Waals surface area contributed by atoms with Gasteiger partial charge in [0.2, 0.25) is 0 Å². The van der Waals surface area contributed by atoms with Crippen molar-refractivity contribution in [2.75, 3.05) is 13.2 Å². The Balaban J connectivity index is 1.64. The number of ether oxygens (including phenoxy) is 1. The van der Waals surface area contributed by atoms with Crippen LogP contribution in [0.3, 0.4) is 0 Å². The van der Waals surface area contributed by atoms with E-state index in [4.69, 9.17) is 9.26 Å². The fourth-order valence-corrected chi connectivity index (χ4v) is 3.93. The Bertz CT molecular complexity index is 761. The molecule has 1 aromatic carbocycles. The minimum atomic E-state index is 0.0658. The van der Waals surface area contributed by atoms with Gasteiger partial charge in [0.25, 0.3) is 5.91 Å². The Morgan fingerprint density at radius 1 is 1.29 bits per heavy atom. The molecule has 24 heavy (non-hydrogen) atoms. The van der Waals surface area contributed by atoms with Crippen LogP contribution < -0.4 is 4.74 Å². The molecule has 0 radical (unpaired) electrons. The predicted octanol–water partition coefficient (Wildman–Crippen LogP) is 3.59. The highest BCUT2D eigenvalue weighted by molar-refractivity contribution is 5.95. The number of amides is 1. The number of aryl methyl sites for hydroxylation is 3. The zero-order valence-electron chi connectivity index (χ0n) is 14.2. The van der Waals surface area contributed by atoms with Gasteiger partial charge in [0.1, 0.15) is 11.5 Å². The second kappa shape index (κ2) is 5.96. The van der Waals surface area contributed by atoms with Gasteiger partial charge in [-0.2, -0.15) is 0 Å². The smallest absolute Gasteiger partial charge is 0.254 e. The van der Waals surface area contributed by atoms with E-state index in [2.05, 4.69) is 5.16 Å². The molecule has 0 N–H and O–H groups in total. The highest BCUT2D eigenvalue weighted by Gasteiger charge is 2.34. The Kier molecular flexibility index (Phi) is 3.79. The third-order valence-corrected chi connectivity index (χ3v) is 5.09. The standard InChI is InChI=1S/C19H22N2O3/c1-12-18(13(2)24-20-12)16-6-3-9-21(16)19(22)15-7-8-17-14(11-15)5-4-10-23-17/h7-8,11,16H,3-6,9-10H2,1-2H3. The van der Waals surface area contributed by atoms with E-state index < -0.39 is 0 Å². The first kappa shape index (κ1) is 15.2. The van der Waals surface area contributed by atoms with Crippen LogP contribution in [0.25, 0.3) is 0 Å². The number of benzene rings is 1. The number of hydrogen-bond acceptors (Lipinski definition) is 4. The predicted molar refractivity (Wildman–Crippen MR) is 89.2 cm³/mol. The maximum absolute atomic E-state index is 13.1. The highest BCUT2D eigenvalue weighted by Crippen LogP contribution is 2.37. The van der Waals surface area contributed by atoms with Crippen molar-refractivity contribution in [1.29, 1.82) is 0 Å². The Morgan fingerprint density at radius 2 is 2.17 bits per heavy atom. The summed E-state index contributed by atoms with van der Waals surface area (Å²) in [6.07, 6.45) is 3.96. The number of fused-ring (bicyclic) bond motifs is 1. The van der Waals surface area contributed by atoms with E-state index in [0.717, 1.165) is 72.7 Å². The number of hydrogen-bond donors (Lipinski definition) is 0. The molecule has 5 heteroatoms. The fourth-order valence-electron chi connectivity index (χ4n) is 3.93. The molecular weight excluding hydrogens is 304 g/mol. The first-order chi connectivity index (χ1) is 11.6. The minimum Gasteiger partial charge on any atom is -0.493 e. The third-order valence-electron chi connectivity index (χ3n) is 5.09. The van der Waals surface area contributed by atoms with Crippen molar-refractivity contribution >= 4 is 5.91 Å². The van der Waals surface area contributed by atoms with E-state index in [9.17, 15) is 4.79 Å². The summed E-state index contributed by atoms with van der Waals surface area (Å²) in [6, 6.07) is 5.88. The van der Waals surface area contributed by atoms with Crippen LogP contribution in [0.2, 0.25) is 0 Å². The third kappa shape index (κ3) is 2.48. The summed E-state index contributed by atoms with van der Waals surface area (Å²) in [6.45, 7) is 5.41. The number of likely N-dealkylation sites (tertiary alicyclic amines) is 1. The summed E-state index contributed by atoms with van der Waals surface area (Å²) < 4.78 is 11.0. The van der Waals surface area contributed by atoms with Gasteiger partial charge in [-0.15, -0.1) is 0 Å². The lowest BCUT2D eigenvalue weighted by Crippen LogP contribution is -2.31. The quantitative estimate of drug-likeness (QED) is 0.846. The van der Waals surface area contributed by atoms with Gasteiger partial charge in [0.05, 0.1) is 18.3 Å². The van der Waals surface area contributed by atoms with Crippen molar-refractivity contribution in [1.82, 2.24) is 10.1 Å². The molecule has 2 aliphatic heterocycles. The Morgan fingerprint density at radius 3 is 2.96 bits per heavy atom. The average molecular weight is 326 g/mol. The van der Waals surface area contributed by atoms with Crippen molar-refractivity contribution in [3.63, 3.8) is 0 Å². The molecular formula is C19H22N2O3. The molecule has 0 spiro atoms. The van der Waals surface area contributed by atoms with E-state index in [1.807, 2.05) is 36.9 Å². The van der Waals surface area contributed by atoms with Crippen LogP contribution >= 0.6 is 0 Å². The molecule has 5 nitrogen and oxygen atoms in total. The van der Waals surface area contributed by atoms with Crippen LogP contribution in [0.5, 0.6) is 5.75 Å². The van der Waals surface area contributed by atoms with Crippen molar-refractivity contribution < 1.29 is 14.1 Å². The van der Waals surface area contributed by atoms with Gasteiger partial charge in [-0.1, -0.05) is 5.16 Å². The summed E-state index contributed by atoms with van der Waals surface area (Å²) in [7, 11) is 0. The second-order valence-corrected chi connectivity index (χ2v) is 6.67. The molecule has 2 aromatic rings. The largest absolute Gasteiger partial charge is 0.493 e. The van der Waals surface area contributed by atoms with E-state index in [1.54, 1.807) is 0 Å². The van der Waals surface area contributed by atoms with Crippen LogP contribution in [-0.2, 0) is 6.42 Å². The molecule has 0 aliphatic carbocycles. The first-order valence-corrected chi connectivity index (χ1v) is 8.64. The molecule has 4 rings (SSSR count). The number of carbonyl (C=O) groups is 1. The molecule has 1 unspecified atom stereocenters. The van der Waals surface area contributed by atoms with E-state index in [-0.39, 0.29) is 11.9 Å². The van der Waals surface area contributed by atoms with Crippen molar-refractivity contribution in [2.24, 2.45) is 0 Å². The lowest BCUT2D eigenvalue weighted by atomic mass is 10.0. The van der Waals surface area contributed by atoms with Crippen LogP contribution in [-0.4, -0.2) is 29.1 Å². The molecule has 2 aliphatic rings. The number of carbonyl (C=O) groups excluding carboxylic acids is 1. The maximum Gasteiger partial charge on any atom is 0.254 e. The maximum atomic E-state index is 13.1. The second-order valence-electron chi connectivity index (χ2n) is 6.67. The number of nitrogens with zero attached hydrogens (tertiary/aromatic N) is 2. The lowest BCUT2D eigenvalue weighted by Gasteiger charge is -2.25. The first-order valence-electron chi connectivity index (χ1n) is 8.64. The van der Waals surface area contributed by atoms with Gasteiger partial charge in [-0.3, -0.25) is 4.79 Å². The fraction of sp³-hybridized carbons (Fsp3) is 0.474. The molecule has 0 saturated carbocycles. The van der Waals surface area contributed by atoms with Gasteiger partial charge in [-0.05, 0) is 63.3 Å². The molecule has 1 saturated heterocycles. The topological polar surface area (TPSA) is 55.6 Å². The monoisotopic (exact) mass is 326 g/mol. The van der Waals surface area contributed by atoms with Crippen LogP contribution in [0, 0.1) is 13.8 Å². The highest BCUT2D eigenvalue weighted by atomic mass is 16.5. The zero-order chi connectivity index (χ0) is 16.7. The van der Waals surface area contributed by atoms with Gasteiger partial charge in [0, 0.05) is 17.7 Å². The van der Waals surface area contributed by atoms with Gasteiger partial charge in [0.15, 0.2) is 0 Å². The Labute approximate surface area is 141 Å². The van der Waals surface area contributed by atoms with E-state index in [1.165, 1.54) is 0 Å². The van der Waals surface area contributed by atoms with Crippen LogP contribution in [0.4, 0.5) is 0 Å². The Hall–Kier alpha value is -2.30. The summed E-state index contributed by atoms with van der Waals surface area (Å²) >= 11 is 0. The van der Waals surface area contributed by atoms with Gasteiger partial charge in [-0.25, -0.2) is 0 Å².